The number of rotatable bonds is 4. The Morgan fingerprint density at radius 1 is 1.12 bits per heavy atom. The molecule has 0 unspecified atom stereocenters. The molecule has 1 heterocycles. The highest BCUT2D eigenvalue weighted by Gasteiger charge is 2.21. The number of carbonyl (C=O) groups is 2. The number of aryl methyl sites for hydroxylation is 1. The first kappa shape index (κ1) is 17.5. The highest BCUT2D eigenvalue weighted by Crippen LogP contribution is 2.24. The summed E-state index contributed by atoms with van der Waals surface area (Å²) in [6.45, 7) is 1.75. The summed E-state index contributed by atoms with van der Waals surface area (Å²) in [5, 5.41) is 6.08. The van der Waals surface area contributed by atoms with Crippen LogP contribution in [0.4, 0.5) is 9.52 Å². The van der Waals surface area contributed by atoms with Gasteiger partial charge in [-0.05, 0) is 44.0 Å². The van der Waals surface area contributed by atoms with Crippen LogP contribution in [0.15, 0.2) is 24.3 Å². The molecule has 0 atom stereocenters. The molecule has 1 saturated carbocycles. The second-order valence-corrected chi connectivity index (χ2v) is 7.20. The van der Waals surface area contributed by atoms with Gasteiger partial charge < -0.3 is 5.32 Å². The Labute approximate surface area is 149 Å². The average Bonchev–Trinajstić information content (AvgIpc) is 2.96. The minimum atomic E-state index is -0.400. The van der Waals surface area contributed by atoms with Crippen LogP contribution >= 0.6 is 11.3 Å². The van der Waals surface area contributed by atoms with Crippen molar-refractivity contribution in [3.8, 4) is 0 Å². The highest BCUT2D eigenvalue weighted by molar-refractivity contribution is 7.17. The number of nitrogens with zero attached hydrogens (tertiary/aromatic N) is 1. The van der Waals surface area contributed by atoms with Gasteiger partial charge in [0.05, 0.1) is 5.69 Å². The third kappa shape index (κ3) is 4.42. The smallest absolute Gasteiger partial charge is 0.263 e. The molecule has 132 valence electrons. The summed E-state index contributed by atoms with van der Waals surface area (Å²) in [5.41, 5.74) is 0.926. The summed E-state index contributed by atoms with van der Waals surface area (Å²) in [7, 11) is 0. The molecule has 2 N–H and O–H groups in total. The van der Waals surface area contributed by atoms with Gasteiger partial charge in [-0.25, -0.2) is 9.37 Å². The Morgan fingerprint density at radius 2 is 1.80 bits per heavy atom. The summed E-state index contributed by atoms with van der Waals surface area (Å²) in [5.74, 6) is -0.916. The maximum Gasteiger partial charge on any atom is 0.263 e. The van der Waals surface area contributed by atoms with Crippen LogP contribution in [0.1, 0.15) is 57.8 Å². The van der Waals surface area contributed by atoms with Crippen molar-refractivity contribution in [1.82, 2.24) is 10.3 Å². The fourth-order valence-corrected chi connectivity index (χ4v) is 3.79. The van der Waals surface area contributed by atoms with Gasteiger partial charge in [0.25, 0.3) is 11.8 Å². The molecular formula is C18H20FN3O2S. The van der Waals surface area contributed by atoms with E-state index in [0.29, 0.717) is 21.3 Å². The lowest BCUT2D eigenvalue weighted by Gasteiger charge is -2.22. The third-order valence-electron chi connectivity index (χ3n) is 4.27. The number of hydrogen-bond acceptors (Lipinski definition) is 4. The van der Waals surface area contributed by atoms with E-state index in [1.54, 1.807) is 6.92 Å². The van der Waals surface area contributed by atoms with Crippen molar-refractivity contribution >= 4 is 28.3 Å². The monoisotopic (exact) mass is 361 g/mol. The predicted molar refractivity (Wildman–Crippen MR) is 95.5 cm³/mol. The van der Waals surface area contributed by atoms with Crippen LogP contribution in [0.3, 0.4) is 0 Å². The Kier molecular flexibility index (Phi) is 5.43. The van der Waals surface area contributed by atoms with Crippen LogP contribution in [-0.2, 0) is 0 Å². The number of carbonyl (C=O) groups excluding carboxylic acids is 2. The van der Waals surface area contributed by atoms with Crippen LogP contribution in [0, 0.1) is 12.7 Å². The summed E-state index contributed by atoms with van der Waals surface area (Å²) in [6, 6.07) is 5.49. The predicted octanol–water partition coefficient (Wildman–Crippen LogP) is 3.91. The molecule has 7 heteroatoms. The first-order valence-electron chi connectivity index (χ1n) is 8.38. The Balaban J connectivity index is 1.66. The molecule has 2 aromatic rings. The normalized spacial score (nSPS) is 15.0. The van der Waals surface area contributed by atoms with E-state index in [-0.39, 0.29) is 17.9 Å². The van der Waals surface area contributed by atoms with Crippen LogP contribution in [0.2, 0.25) is 0 Å². The van der Waals surface area contributed by atoms with E-state index in [1.165, 1.54) is 30.7 Å². The van der Waals surface area contributed by atoms with E-state index < -0.39 is 5.82 Å². The molecule has 2 amide bonds. The van der Waals surface area contributed by atoms with Gasteiger partial charge in [-0.15, -0.1) is 0 Å². The number of benzene rings is 1. The summed E-state index contributed by atoms with van der Waals surface area (Å²) in [6.07, 6.45) is 5.54. The van der Waals surface area contributed by atoms with Gasteiger partial charge in [0, 0.05) is 11.6 Å². The fraction of sp³-hybridized carbons (Fsp3) is 0.389. The van der Waals surface area contributed by atoms with Crippen molar-refractivity contribution in [2.45, 2.75) is 45.1 Å². The zero-order valence-electron chi connectivity index (χ0n) is 14.0. The number of amides is 2. The molecule has 1 aliphatic carbocycles. The Morgan fingerprint density at radius 3 is 2.48 bits per heavy atom. The van der Waals surface area contributed by atoms with Gasteiger partial charge in [-0.2, -0.15) is 0 Å². The van der Waals surface area contributed by atoms with E-state index in [1.807, 2.05) is 0 Å². The SMILES string of the molecule is Cc1nc(NC(=O)c2ccc(F)cc2)sc1C(=O)NC1CCCCC1. The van der Waals surface area contributed by atoms with E-state index >= 15 is 0 Å². The number of nitrogens with one attached hydrogen (secondary N) is 2. The second-order valence-electron chi connectivity index (χ2n) is 6.20. The number of anilines is 1. The lowest BCUT2D eigenvalue weighted by Crippen LogP contribution is -2.36. The van der Waals surface area contributed by atoms with Crippen LogP contribution in [0.5, 0.6) is 0 Å². The largest absolute Gasteiger partial charge is 0.349 e. The summed E-state index contributed by atoms with van der Waals surface area (Å²) < 4.78 is 12.9. The zero-order valence-corrected chi connectivity index (χ0v) is 14.8. The maximum atomic E-state index is 12.9. The minimum absolute atomic E-state index is 0.135. The van der Waals surface area contributed by atoms with Gasteiger partial charge in [0.15, 0.2) is 5.13 Å². The quantitative estimate of drug-likeness (QED) is 0.867. The molecule has 0 saturated heterocycles. The van der Waals surface area contributed by atoms with Crippen LogP contribution in [0.25, 0.3) is 0 Å². The summed E-state index contributed by atoms with van der Waals surface area (Å²) in [4.78, 5) is 29.4. The van der Waals surface area contributed by atoms with Gasteiger partial charge in [0.1, 0.15) is 10.7 Å². The number of thiazole rings is 1. The van der Waals surface area contributed by atoms with E-state index in [0.717, 1.165) is 37.0 Å². The van der Waals surface area contributed by atoms with E-state index in [4.69, 9.17) is 0 Å². The van der Waals surface area contributed by atoms with Crippen molar-refractivity contribution in [3.63, 3.8) is 0 Å². The van der Waals surface area contributed by atoms with Gasteiger partial charge in [-0.3, -0.25) is 14.9 Å². The van der Waals surface area contributed by atoms with Crippen molar-refractivity contribution in [2.24, 2.45) is 0 Å². The third-order valence-corrected chi connectivity index (χ3v) is 5.34. The van der Waals surface area contributed by atoms with Crippen molar-refractivity contribution in [1.29, 1.82) is 0 Å². The first-order valence-corrected chi connectivity index (χ1v) is 9.20. The molecular weight excluding hydrogens is 341 g/mol. The van der Waals surface area contributed by atoms with Gasteiger partial charge in [-0.1, -0.05) is 30.6 Å². The molecule has 5 nitrogen and oxygen atoms in total. The molecule has 0 spiro atoms. The molecule has 0 aliphatic heterocycles. The maximum absolute atomic E-state index is 12.9. The van der Waals surface area contributed by atoms with Crippen molar-refractivity contribution in [3.05, 3.63) is 46.2 Å². The highest BCUT2D eigenvalue weighted by atomic mass is 32.1. The van der Waals surface area contributed by atoms with E-state index in [2.05, 4.69) is 15.6 Å². The topological polar surface area (TPSA) is 71.1 Å². The Bertz CT molecular complexity index is 767. The molecule has 1 aromatic heterocycles. The molecule has 0 bridgehead atoms. The minimum Gasteiger partial charge on any atom is -0.349 e. The molecule has 0 radical (unpaired) electrons. The van der Waals surface area contributed by atoms with E-state index in [9.17, 15) is 14.0 Å². The molecule has 3 rings (SSSR count). The molecule has 25 heavy (non-hydrogen) atoms. The lowest BCUT2D eigenvalue weighted by molar-refractivity contribution is 0.0930. The second kappa shape index (κ2) is 7.74. The lowest BCUT2D eigenvalue weighted by atomic mass is 9.95. The fourth-order valence-electron chi connectivity index (χ4n) is 2.93. The van der Waals surface area contributed by atoms with Gasteiger partial charge >= 0.3 is 0 Å². The van der Waals surface area contributed by atoms with Crippen LogP contribution < -0.4 is 10.6 Å². The molecule has 1 aliphatic rings. The average molecular weight is 361 g/mol. The first-order chi connectivity index (χ1) is 12.0. The summed E-state index contributed by atoms with van der Waals surface area (Å²) >= 11 is 1.15. The Hall–Kier alpha value is -2.28. The molecule has 1 fully saturated rings. The van der Waals surface area contributed by atoms with Gasteiger partial charge in [0.2, 0.25) is 0 Å². The number of halogens is 1. The van der Waals surface area contributed by atoms with Crippen LogP contribution in [-0.4, -0.2) is 22.8 Å². The standard InChI is InChI=1S/C18H20FN3O2S/c1-11-15(17(24)21-14-5-3-2-4-6-14)25-18(20-11)22-16(23)12-7-9-13(19)10-8-12/h7-10,14H,2-6H2,1H3,(H,21,24)(H,20,22,23). The van der Waals surface area contributed by atoms with Crippen molar-refractivity contribution in [2.75, 3.05) is 5.32 Å². The van der Waals surface area contributed by atoms with Crippen molar-refractivity contribution < 1.29 is 14.0 Å². The number of aromatic nitrogens is 1. The number of hydrogen-bond donors (Lipinski definition) is 2. The zero-order chi connectivity index (χ0) is 17.8. The molecule has 1 aromatic carbocycles.